The van der Waals surface area contributed by atoms with E-state index in [0.29, 0.717) is 6.42 Å². The Kier molecular flexibility index (Phi) is 5.72. The first-order valence-corrected chi connectivity index (χ1v) is 4.45. The van der Waals surface area contributed by atoms with Crippen LogP contribution in [0.25, 0.3) is 0 Å². The molecule has 0 saturated heterocycles. The maximum atomic E-state index is 10.4. The van der Waals surface area contributed by atoms with E-state index in [9.17, 15) is 4.79 Å². The summed E-state index contributed by atoms with van der Waals surface area (Å²) in [5.41, 5.74) is 0. The summed E-state index contributed by atoms with van der Waals surface area (Å²) in [4.78, 5) is 10.4. The molecule has 0 aliphatic rings. The standard InChI is InChI=1S/C9H18O3/c1-7(9(11)12)5-3-4-6-8(2)10/h7-8,10H,3-6H2,1-2H3,(H,11,12). The van der Waals surface area contributed by atoms with Crippen LogP contribution in [0, 0.1) is 5.92 Å². The Labute approximate surface area is 73.4 Å². The van der Waals surface area contributed by atoms with Crippen molar-refractivity contribution in [3.05, 3.63) is 0 Å². The number of hydrogen-bond donors (Lipinski definition) is 2. The predicted molar refractivity (Wildman–Crippen MR) is 46.9 cm³/mol. The molecule has 0 aromatic rings. The van der Waals surface area contributed by atoms with Crippen LogP contribution in [0.3, 0.4) is 0 Å². The zero-order valence-corrected chi connectivity index (χ0v) is 7.79. The van der Waals surface area contributed by atoms with E-state index in [1.165, 1.54) is 0 Å². The van der Waals surface area contributed by atoms with Crippen molar-refractivity contribution in [2.24, 2.45) is 5.92 Å². The second-order valence-corrected chi connectivity index (χ2v) is 3.37. The average molecular weight is 174 g/mol. The molecule has 0 amide bonds. The van der Waals surface area contributed by atoms with Gasteiger partial charge in [0.25, 0.3) is 0 Å². The minimum absolute atomic E-state index is 0.251. The van der Waals surface area contributed by atoms with Gasteiger partial charge in [0.2, 0.25) is 0 Å². The summed E-state index contributed by atoms with van der Waals surface area (Å²) < 4.78 is 0. The van der Waals surface area contributed by atoms with Gasteiger partial charge in [0.15, 0.2) is 0 Å². The lowest BCUT2D eigenvalue weighted by Gasteiger charge is -2.06. The molecule has 0 aromatic heterocycles. The SMILES string of the molecule is CC(O)CCCCC(C)C(=O)O. The number of rotatable bonds is 6. The number of aliphatic hydroxyl groups is 1. The highest BCUT2D eigenvalue weighted by molar-refractivity contribution is 5.69. The molecular weight excluding hydrogens is 156 g/mol. The highest BCUT2D eigenvalue weighted by Gasteiger charge is 2.09. The summed E-state index contributed by atoms with van der Waals surface area (Å²) >= 11 is 0. The molecular formula is C9H18O3. The summed E-state index contributed by atoms with van der Waals surface area (Å²) in [6.45, 7) is 3.46. The number of aliphatic hydroxyl groups excluding tert-OH is 1. The quantitative estimate of drug-likeness (QED) is 0.602. The number of aliphatic carboxylic acids is 1. The minimum atomic E-state index is -0.730. The molecule has 0 fully saturated rings. The molecule has 0 bridgehead atoms. The van der Waals surface area contributed by atoms with Crippen LogP contribution < -0.4 is 0 Å². The minimum Gasteiger partial charge on any atom is -0.481 e. The lowest BCUT2D eigenvalue weighted by atomic mass is 10.0. The summed E-state index contributed by atoms with van der Waals surface area (Å²) in [6, 6.07) is 0. The van der Waals surface area contributed by atoms with Gasteiger partial charge >= 0.3 is 5.97 Å². The van der Waals surface area contributed by atoms with E-state index < -0.39 is 5.97 Å². The van der Waals surface area contributed by atoms with Crippen LogP contribution in [0.1, 0.15) is 39.5 Å². The summed E-state index contributed by atoms with van der Waals surface area (Å²) in [5, 5.41) is 17.5. The van der Waals surface area contributed by atoms with Gasteiger partial charge in [-0.15, -0.1) is 0 Å². The Hall–Kier alpha value is -0.570. The number of carboxylic acid groups (broad SMARTS) is 1. The first-order chi connectivity index (χ1) is 5.54. The lowest BCUT2D eigenvalue weighted by molar-refractivity contribution is -0.141. The van der Waals surface area contributed by atoms with Crippen molar-refractivity contribution in [3.8, 4) is 0 Å². The molecule has 0 saturated carbocycles. The smallest absolute Gasteiger partial charge is 0.306 e. The molecule has 0 heterocycles. The van der Waals surface area contributed by atoms with Gasteiger partial charge in [-0.05, 0) is 19.8 Å². The number of hydrogen-bond acceptors (Lipinski definition) is 2. The van der Waals surface area contributed by atoms with Crippen molar-refractivity contribution in [3.63, 3.8) is 0 Å². The third-order valence-corrected chi connectivity index (χ3v) is 1.93. The Bertz CT molecular complexity index is 132. The number of unbranched alkanes of at least 4 members (excludes halogenated alkanes) is 1. The van der Waals surface area contributed by atoms with E-state index >= 15 is 0 Å². The van der Waals surface area contributed by atoms with E-state index in [-0.39, 0.29) is 12.0 Å². The van der Waals surface area contributed by atoms with Gasteiger partial charge in [0.1, 0.15) is 0 Å². The number of carboxylic acids is 1. The van der Waals surface area contributed by atoms with Gasteiger partial charge < -0.3 is 10.2 Å². The van der Waals surface area contributed by atoms with Crippen LogP contribution in [-0.2, 0) is 4.79 Å². The van der Waals surface area contributed by atoms with E-state index in [1.807, 2.05) is 0 Å². The maximum Gasteiger partial charge on any atom is 0.306 e. The predicted octanol–water partition coefficient (Wildman–Crippen LogP) is 1.65. The van der Waals surface area contributed by atoms with Crippen LogP contribution in [0.5, 0.6) is 0 Å². The molecule has 0 aromatic carbocycles. The normalized spacial score (nSPS) is 15.6. The van der Waals surface area contributed by atoms with Gasteiger partial charge in [-0.25, -0.2) is 0 Å². The molecule has 12 heavy (non-hydrogen) atoms. The molecule has 3 nitrogen and oxygen atoms in total. The lowest BCUT2D eigenvalue weighted by Crippen LogP contribution is -2.09. The maximum absolute atomic E-state index is 10.4. The molecule has 0 aliphatic heterocycles. The van der Waals surface area contributed by atoms with Crippen molar-refractivity contribution in [2.45, 2.75) is 45.6 Å². The fourth-order valence-electron chi connectivity index (χ4n) is 1.01. The van der Waals surface area contributed by atoms with Crippen LogP contribution >= 0.6 is 0 Å². The second kappa shape index (κ2) is 6.00. The summed E-state index contributed by atoms with van der Waals surface area (Å²) in [6.07, 6.45) is 3.02. The molecule has 72 valence electrons. The monoisotopic (exact) mass is 174 g/mol. The summed E-state index contributed by atoms with van der Waals surface area (Å²) in [7, 11) is 0. The first-order valence-electron chi connectivity index (χ1n) is 4.45. The first kappa shape index (κ1) is 11.4. The molecule has 3 heteroatoms. The highest BCUT2D eigenvalue weighted by Crippen LogP contribution is 2.10. The van der Waals surface area contributed by atoms with Crippen LogP contribution in [-0.4, -0.2) is 22.3 Å². The van der Waals surface area contributed by atoms with E-state index in [2.05, 4.69) is 0 Å². The highest BCUT2D eigenvalue weighted by atomic mass is 16.4. The average Bonchev–Trinajstić information content (AvgIpc) is 1.97. The van der Waals surface area contributed by atoms with Crippen molar-refractivity contribution in [2.75, 3.05) is 0 Å². The van der Waals surface area contributed by atoms with Gasteiger partial charge in [-0.1, -0.05) is 19.8 Å². The Morgan fingerprint density at radius 1 is 1.25 bits per heavy atom. The fourth-order valence-corrected chi connectivity index (χ4v) is 1.01. The van der Waals surface area contributed by atoms with Crippen molar-refractivity contribution >= 4 is 5.97 Å². The topological polar surface area (TPSA) is 57.5 Å². The fraction of sp³-hybridized carbons (Fsp3) is 0.889. The molecule has 0 spiro atoms. The zero-order chi connectivity index (χ0) is 9.56. The van der Waals surface area contributed by atoms with Crippen LogP contribution in [0.2, 0.25) is 0 Å². The summed E-state index contributed by atoms with van der Waals surface area (Å²) in [5.74, 6) is -0.981. The molecule has 2 atom stereocenters. The third kappa shape index (κ3) is 6.16. The van der Waals surface area contributed by atoms with Crippen molar-refractivity contribution in [1.82, 2.24) is 0 Å². The number of carbonyl (C=O) groups is 1. The van der Waals surface area contributed by atoms with Crippen LogP contribution in [0.4, 0.5) is 0 Å². The molecule has 2 unspecified atom stereocenters. The van der Waals surface area contributed by atoms with Gasteiger partial charge in [-0.3, -0.25) is 4.79 Å². The Balaban J connectivity index is 3.25. The van der Waals surface area contributed by atoms with E-state index in [1.54, 1.807) is 13.8 Å². The van der Waals surface area contributed by atoms with Gasteiger partial charge in [0.05, 0.1) is 12.0 Å². The van der Waals surface area contributed by atoms with Crippen molar-refractivity contribution in [1.29, 1.82) is 0 Å². The third-order valence-electron chi connectivity index (χ3n) is 1.93. The largest absolute Gasteiger partial charge is 0.481 e. The molecule has 2 N–H and O–H groups in total. The van der Waals surface area contributed by atoms with Gasteiger partial charge in [-0.2, -0.15) is 0 Å². The molecule has 0 rings (SSSR count). The zero-order valence-electron chi connectivity index (χ0n) is 7.79. The molecule has 0 aliphatic carbocycles. The van der Waals surface area contributed by atoms with E-state index in [4.69, 9.17) is 10.2 Å². The Morgan fingerprint density at radius 2 is 1.75 bits per heavy atom. The van der Waals surface area contributed by atoms with Gasteiger partial charge in [0, 0.05) is 0 Å². The molecule has 0 radical (unpaired) electrons. The second-order valence-electron chi connectivity index (χ2n) is 3.37. The van der Waals surface area contributed by atoms with E-state index in [0.717, 1.165) is 19.3 Å². The Morgan fingerprint density at radius 3 is 2.17 bits per heavy atom. The van der Waals surface area contributed by atoms with Crippen LogP contribution in [0.15, 0.2) is 0 Å². The van der Waals surface area contributed by atoms with Crippen molar-refractivity contribution < 1.29 is 15.0 Å².